The van der Waals surface area contributed by atoms with E-state index in [1.165, 1.54) is 13.8 Å². The second-order valence-corrected chi connectivity index (χ2v) is 6.06. The number of benzene rings is 1. The van der Waals surface area contributed by atoms with Crippen LogP contribution >= 0.6 is 0 Å². The van der Waals surface area contributed by atoms with Gasteiger partial charge in [0.25, 0.3) is 0 Å². The predicted molar refractivity (Wildman–Crippen MR) is 81.4 cm³/mol. The summed E-state index contributed by atoms with van der Waals surface area (Å²) in [6, 6.07) is 7.58. The molecule has 0 radical (unpaired) electrons. The van der Waals surface area contributed by atoms with Gasteiger partial charge in [-0.2, -0.15) is 0 Å². The average molecular weight is 304 g/mol. The molecule has 1 aromatic rings. The van der Waals surface area contributed by atoms with Crippen LogP contribution in [0.1, 0.15) is 32.3 Å². The standard InChI is InChI=1S/C16H20N2O4/c1-16(2,15(21)22)18-13(19)8-7-11-9-10-5-3-4-6-12(10)17-14(11)20/h3-6,11H,7-9H2,1-2H3,(H,17,20)(H,18,19)(H,21,22). The molecule has 0 saturated heterocycles. The minimum absolute atomic E-state index is 0.0935. The first-order valence-corrected chi connectivity index (χ1v) is 7.23. The number of carbonyl (C=O) groups excluding carboxylic acids is 2. The third-order valence-electron chi connectivity index (χ3n) is 3.82. The maximum absolute atomic E-state index is 12.0. The third-order valence-corrected chi connectivity index (χ3v) is 3.82. The summed E-state index contributed by atoms with van der Waals surface area (Å²) in [5.41, 5.74) is 0.567. The summed E-state index contributed by atoms with van der Waals surface area (Å²) in [4.78, 5) is 34.9. The lowest BCUT2D eigenvalue weighted by Crippen LogP contribution is -2.49. The molecular weight excluding hydrogens is 284 g/mol. The van der Waals surface area contributed by atoms with E-state index in [2.05, 4.69) is 10.6 Å². The van der Waals surface area contributed by atoms with Crippen LogP contribution in [0.25, 0.3) is 0 Å². The maximum atomic E-state index is 12.0. The molecule has 1 atom stereocenters. The largest absolute Gasteiger partial charge is 0.480 e. The van der Waals surface area contributed by atoms with Gasteiger partial charge in [-0.05, 0) is 38.3 Å². The van der Waals surface area contributed by atoms with E-state index in [1.54, 1.807) is 0 Å². The van der Waals surface area contributed by atoms with Crippen molar-refractivity contribution in [2.24, 2.45) is 5.92 Å². The summed E-state index contributed by atoms with van der Waals surface area (Å²) in [5.74, 6) is -1.82. The van der Waals surface area contributed by atoms with Crippen LogP contribution in [0.2, 0.25) is 0 Å². The third kappa shape index (κ3) is 3.63. The van der Waals surface area contributed by atoms with E-state index in [0.29, 0.717) is 12.8 Å². The zero-order chi connectivity index (χ0) is 16.3. The maximum Gasteiger partial charge on any atom is 0.328 e. The first-order chi connectivity index (χ1) is 10.3. The highest BCUT2D eigenvalue weighted by Gasteiger charge is 2.30. The fourth-order valence-electron chi connectivity index (χ4n) is 2.42. The van der Waals surface area contributed by atoms with E-state index in [4.69, 9.17) is 5.11 Å². The molecule has 2 rings (SSSR count). The van der Waals surface area contributed by atoms with Crippen molar-refractivity contribution >= 4 is 23.5 Å². The van der Waals surface area contributed by atoms with Crippen molar-refractivity contribution < 1.29 is 19.5 Å². The molecule has 0 bridgehead atoms. The molecule has 1 aliphatic rings. The predicted octanol–water partition coefficient (Wildman–Crippen LogP) is 1.56. The van der Waals surface area contributed by atoms with Gasteiger partial charge in [-0.1, -0.05) is 18.2 Å². The highest BCUT2D eigenvalue weighted by atomic mass is 16.4. The minimum Gasteiger partial charge on any atom is -0.480 e. The highest BCUT2D eigenvalue weighted by molar-refractivity contribution is 5.96. The number of carboxylic acids is 1. The lowest BCUT2D eigenvalue weighted by atomic mass is 9.89. The molecule has 0 aliphatic carbocycles. The fraction of sp³-hybridized carbons (Fsp3) is 0.438. The molecule has 3 N–H and O–H groups in total. The van der Waals surface area contributed by atoms with Crippen molar-refractivity contribution in [2.45, 2.75) is 38.6 Å². The molecule has 1 heterocycles. The van der Waals surface area contributed by atoms with Gasteiger partial charge in [-0.15, -0.1) is 0 Å². The molecule has 6 nitrogen and oxygen atoms in total. The molecule has 1 unspecified atom stereocenters. The number of para-hydroxylation sites is 1. The van der Waals surface area contributed by atoms with Crippen LogP contribution in [0.15, 0.2) is 24.3 Å². The van der Waals surface area contributed by atoms with E-state index >= 15 is 0 Å². The molecule has 2 amide bonds. The normalized spacial score (nSPS) is 17.4. The molecule has 0 spiro atoms. The summed E-state index contributed by atoms with van der Waals surface area (Å²) in [7, 11) is 0. The van der Waals surface area contributed by atoms with Crippen molar-refractivity contribution in [3.63, 3.8) is 0 Å². The van der Waals surface area contributed by atoms with Gasteiger partial charge >= 0.3 is 5.97 Å². The number of fused-ring (bicyclic) bond motifs is 1. The molecule has 1 aromatic carbocycles. The van der Waals surface area contributed by atoms with Crippen LogP contribution in [0.3, 0.4) is 0 Å². The van der Waals surface area contributed by atoms with Gasteiger partial charge < -0.3 is 15.7 Å². The molecule has 118 valence electrons. The number of hydrogen-bond donors (Lipinski definition) is 3. The Balaban J connectivity index is 1.91. The molecule has 0 aromatic heterocycles. The van der Waals surface area contributed by atoms with Gasteiger partial charge in [0.1, 0.15) is 5.54 Å². The molecular formula is C16H20N2O4. The van der Waals surface area contributed by atoms with Gasteiger partial charge in [0.2, 0.25) is 11.8 Å². The van der Waals surface area contributed by atoms with Crippen LogP contribution in [-0.4, -0.2) is 28.4 Å². The summed E-state index contributed by atoms with van der Waals surface area (Å²) in [5, 5.41) is 14.3. The van der Waals surface area contributed by atoms with Gasteiger partial charge in [-0.25, -0.2) is 4.79 Å². The Morgan fingerprint density at radius 1 is 1.36 bits per heavy atom. The smallest absolute Gasteiger partial charge is 0.328 e. The Hall–Kier alpha value is -2.37. The number of rotatable bonds is 5. The Morgan fingerprint density at radius 2 is 2.05 bits per heavy atom. The number of amides is 2. The van der Waals surface area contributed by atoms with Gasteiger partial charge in [0, 0.05) is 18.0 Å². The van der Waals surface area contributed by atoms with Crippen molar-refractivity contribution in [1.82, 2.24) is 5.32 Å². The van der Waals surface area contributed by atoms with Crippen LogP contribution in [-0.2, 0) is 20.8 Å². The van der Waals surface area contributed by atoms with E-state index < -0.39 is 11.5 Å². The lowest BCUT2D eigenvalue weighted by molar-refractivity contribution is -0.146. The van der Waals surface area contributed by atoms with E-state index in [1.807, 2.05) is 24.3 Å². The molecule has 0 fully saturated rings. The SMILES string of the molecule is CC(C)(NC(=O)CCC1Cc2ccccc2NC1=O)C(=O)O. The first kappa shape index (κ1) is 16.0. The Bertz CT molecular complexity index is 610. The lowest BCUT2D eigenvalue weighted by Gasteiger charge is -2.25. The number of hydrogen-bond acceptors (Lipinski definition) is 3. The number of anilines is 1. The molecule has 1 aliphatic heterocycles. The Morgan fingerprint density at radius 3 is 2.73 bits per heavy atom. The van der Waals surface area contributed by atoms with E-state index in [0.717, 1.165) is 11.3 Å². The zero-order valence-corrected chi connectivity index (χ0v) is 12.7. The van der Waals surface area contributed by atoms with E-state index in [9.17, 15) is 14.4 Å². The van der Waals surface area contributed by atoms with Crippen LogP contribution < -0.4 is 10.6 Å². The number of nitrogens with one attached hydrogen (secondary N) is 2. The highest BCUT2D eigenvalue weighted by Crippen LogP contribution is 2.27. The summed E-state index contributed by atoms with van der Waals surface area (Å²) in [6.07, 6.45) is 1.11. The van der Waals surface area contributed by atoms with Crippen molar-refractivity contribution in [3.8, 4) is 0 Å². The number of aliphatic carboxylic acids is 1. The summed E-state index contributed by atoms with van der Waals surface area (Å²) >= 11 is 0. The quantitative estimate of drug-likeness (QED) is 0.769. The minimum atomic E-state index is -1.31. The second kappa shape index (κ2) is 6.17. The summed E-state index contributed by atoms with van der Waals surface area (Å²) in [6.45, 7) is 2.85. The van der Waals surface area contributed by atoms with Gasteiger partial charge in [-0.3, -0.25) is 9.59 Å². The van der Waals surface area contributed by atoms with Gasteiger partial charge in [0.15, 0.2) is 0 Å². The van der Waals surface area contributed by atoms with Crippen LogP contribution in [0, 0.1) is 5.92 Å². The van der Waals surface area contributed by atoms with E-state index in [-0.39, 0.29) is 24.2 Å². The monoisotopic (exact) mass is 304 g/mol. The molecule has 0 saturated carbocycles. The Labute approximate surface area is 128 Å². The fourth-order valence-corrected chi connectivity index (χ4v) is 2.42. The van der Waals surface area contributed by atoms with Crippen LogP contribution in [0.5, 0.6) is 0 Å². The van der Waals surface area contributed by atoms with Gasteiger partial charge in [0.05, 0.1) is 0 Å². The summed E-state index contributed by atoms with van der Waals surface area (Å²) < 4.78 is 0. The van der Waals surface area contributed by atoms with Crippen molar-refractivity contribution in [2.75, 3.05) is 5.32 Å². The van der Waals surface area contributed by atoms with Crippen LogP contribution in [0.4, 0.5) is 5.69 Å². The number of carbonyl (C=O) groups is 3. The topological polar surface area (TPSA) is 95.5 Å². The first-order valence-electron chi connectivity index (χ1n) is 7.23. The second-order valence-electron chi connectivity index (χ2n) is 6.06. The van der Waals surface area contributed by atoms with Crippen molar-refractivity contribution in [3.05, 3.63) is 29.8 Å². The average Bonchev–Trinajstić information content (AvgIpc) is 2.44. The number of carboxylic acid groups (broad SMARTS) is 1. The van der Waals surface area contributed by atoms with Crippen molar-refractivity contribution in [1.29, 1.82) is 0 Å². The Kier molecular flexibility index (Phi) is 4.49. The molecule has 6 heteroatoms. The zero-order valence-electron chi connectivity index (χ0n) is 12.7. The molecule has 22 heavy (non-hydrogen) atoms.